The smallest absolute Gasteiger partial charge is 0.124 e. The quantitative estimate of drug-likeness (QED) is 0.382. The average molecular weight is 517 g/mol. The molecule has 0 saturated carbocycles. The van der Waals surface area contributed by atoms with E-state index in [-0.39, 0.29) is 12.1 Å². The van der Waals surface area contributed by atoms with Gasteiger partial charge in [0.05, 0.1) is 0 Å². The van der Waals surface area contributed by atoms with Crippen LogP contribution in [0.4, 0.5) is 5.69 Å². The molecule has 2 aliphatic heterocycles. The van der Waals surface area contributed by atoms with Crippen molar-refractivity contribution < 1.29 is 14.6 Å². The lowest BCUT2D eigenvalue weighted by atomic mass is 9.86. The van der Waals surface area contributed by atoms with E-state index in [0.717, 1.165) is 58.3 Å². The van der Waals surface area contributed by atoms with Gasteiger partial charge < -0.3 is 25.6 Å². The molecule has 0 spiro atoms. The number of benzene rings is 2. The molecule has 2 atom stereocenters. The molecule has 5 heteroatoms. The van der Waals surface area contributed by atoms with Crippen molar-refractivity contribution in [2.24, 2.45) is 17.6 Å². The minimum Gasteiger partial charge on any atom is -0.490 e. The molecule has 1 fully saturated rings. The minimum absolute atomic E-state index is 0.112. The molecule has 37 heavy (non-hydrogen) atoms. The van der Waals surface area contributed by atoms with Crippen LogP contribution in [0.2, 0.25) is 0 Å². The molecule has 0 aliphatic carbocycles. The number of hydrogen-bond acceptors (Lipinski definition) is 5. The highest BCUT2D eigenvalue weighted by atomic mass is 16.5. The van der Waals surface area contributed by atoms with Crippen LogP contribution < -0.4 is 15.8 Å². The molecule has 0 radical (unpaired) electrons. The maximum Gasteiger partial charge on any atom is 0.124 e. The molecule has 2 heterocycles. The molecule has 0 amide bonds. The Morgan fingerprint density at radius 2 is 1.57 bits per heavy atom. The van der Waals surface area contributed by atoms with Crippen LogP contribution >= 0.6 is 0 Å². The number of rotatable bonds is 5. The van der Waals surface area contributed by atoms with Gasteiger partial charge in [0.15, 0.2) is 0 Å². The zero-order valence-electron chi connectivity index (χ0n) is 25.1. The monoisotopic (exact) mass is 516 g/mol. The van der Waals surface area contributed by atoms with Crippen molar-refractivity contribution in [1.82, 2.24) is 0 Å². The molecule has 2 aromatic rings. The first-order valence-corrected chi connectivity index (χ1v) is 14.3. The number of ether oxygens (including phenoxy) is 2. The number of nitrogens with one attached hydrogen (secondary N) is 1. The van der Waals surface area contributed by atoms with E-state index >= 15 is 0 Å². The number of hydrogen-bond donors (Lipinski definition) is 3. The van der Waals surface area contributed by atoms with Crippen LogP contribution in [0.1, 0.15) is 90.5 Å². The Hall–Kier alpha value is -2.08. The van der Waals surface area contributed by atoms with Gasteiger partial charge in [0, 0.05) is 56.5 Å². The van der Waals surface area contributed by atoms with Crippen LogP contribution in [0.5, 0.6) is 5.75 Å². The first-order valence-electron chi connectivity index (χ1n) is 14.3. The fraction of sp³-hybridized carbons (Fsp3) is 0.625. The van der Waals surface area contributed by atoms with Gasteiger partial charge in [-0.3, -0.25) is 0 Å². The highest BCUT2D eigenvalue weighted by molar-refractivity contribution is 5.44. The second kappa shape index (κ2) is 20.9. The van der Waals surface area contributed by atoms with Crippen molar-refractivity contribution in [3.63, 3.8) is 0 Å². The molecule has 2 aliphatic rings. The average Bonchev–Trinajstić information content (AvgIpc) is 2.96. The summed E-state index contributed by atoms with van der Waals surface area (Å²) in [4.78, 5) is 0. The zero-order chi connectivity index (χ0) is 28.2. The summed E-state index contributed by atoms with van der Waals surface area (Å²) in [5.41, 5.74) is 11.3. The van der Waals surface area contributed by atoms with Gasteiger partial charge >= 0.3 is 0 Å². The first-order chi connectivity index (χ1) is 18.0. The Kier molecular flexibility index (Phi) is 19.7. The predicted octanol–water partition coefficient (Wildman–Crippen LogP) is 7.55. The second-order valence-electron chi connectivity index (χ2n) is 9.31. The number of nitrogens with two attached hydrogens (primary N) is 1. The number of fused-ring (bicyclic) bond motifs is 1. The zero-order valence-corrected chi connectivity index (χ0v) is 25.1. The summed E-state index contributed by atoms with van der Waals surface area (Å²) in [5.74, 6) is 2.28. The van der Waals surface area contributed by atoms with Crippen LogP contribution in [0, 0.1) is 18.8 Å². The van der Waals surface area contributed by atoms with E-state index in [0.29, 0.717) is 11.8 Å². The summed E-state index contributed by atoms with van der Waals surface area (Å²) in [5, 5.41) is 10.4. The Morgan fingerprint density at radius 3 is 2.11 bits per heavy atom. The largest absolute Gasteiger partial charge is 0.490 e. The summed E-state index contributed by atoms with van der Waals surface area (Å²) < 4.78 is 11.6. The highest BCUT2D eigenvalue weighted by Gasteiger charge is 2.32. The SMILES string of the molecule is CC.CC.CCc1ccc(NCC(C)C)cc1.CO.Cc1ccc2c(c1)C(N)CC(C1CCOCC1)O2. The molecule has 212 valence electrons. The van der Waals surface area contributed by atoms with Crippen LogP contribution in [0.25, 0.3) is 0 Å². The van der Waals surface area contributed by atoms with Gasteiger partial charge in [-0.2, -0.15) is 0 Å². The summed E-state index contributed by atoms with van der Waals surface area (Å²) in [7, 11) is 1.00. The summed E-state index contributed by atoms with van der Waals surface area (Å²) >= 11 is 0. The number of aliphatic hydroxyl groups excluding tert-OH is 1. The molecule has 2 unspecified atom stereocenters. The van der Waals surface area contributed by atoms with Gasteiger partial charge in [-0.1, -0.05) is 78.3 Å². The van der Waals surface area contributed by atoms with Gasteiger partial charge in [0.25, 0.3) is 0 Å². The topological polar surface area (TPSA) is 76.7 Å². The van der Waals surface area contributed by atoms with Crippen molar-refractivity contribution in [2.75, 3.05) is 32.2 Å². The van der Waals surface area contributed by atoms with E-state index < -0.39 is 0 Å². The molecule has 0 bridgehead atoms. The van der Waals surface area contributed by atoms with Crippen molar-refractivity contribution >= 4 is 5.69 Å². The van der Waals surface area contributed by atoms with Crippen molar-refractivity contribution in [3.05, 3.63) is 59.2 Å². The van der Waals surface area contributed by atoms with Gasteiger partial charge in [-0.05, 0) is 55.9 Å². The number of aryl methyl sites for hydroxylation is 2. The molecule has 4 N–H and O–H groups in total. The number of anilines is 1. The van der Waals surface area contributed by atoms with Crippen LogP contribution in [0.3, 0.4) is 0 Å². The standard InChI is InChI=1S/C15H21NO2.C12H19N.2C2H6.CH4O/c1-10-2-3-14-12(8-10)13(16)9-15(18-14)11-4-6-17-7-5-11;1-4-11-5-7-12(8-6-11)13-9-10(2)3;3*1-2/h2-3,8,11,13,15H,4-7,9,16H2,1H3;5-8,10,13H,4,9H2,1-3H3;2*1-2H3;2H,1H3. The fourth-order valence-corrected chi connectivity index (χ4v) is 4.21. The molecule has 5 nitrogen and oxygen atoms in total. The Bertz CT molecular complexity index is 802. The van der Waals surface area contributed by atoms with E-state index in [2.05, 4.69) is 75.5 Å². The maximum atomic E-state index is 7.00. The molecule has 1 saturated heterocycles. The molecule has 0 aromatic heterocycles. The van der Waals surface area contributed by atoms with Gasteiger partial charge in [-0.25, -0.2) is 0 Å². The predicted molar refractivity (Wildman–Crippen MR) is 161 cm³/mol. The lowest BCUT2D eigenvalue weighted by Crippen LogP contribution is -2.37. The third-order valence-electron chi connectivity index (χ3n) is 6.20. The van der Waals surface area contributed by atoms with Crippen molar-refractivity contribution in [1.29, 1.82) is 0 Å². The highest BCUT2D eigenvalue weighted by Crippen LogP contribution is 2.38. The number of aliphatic hydroxyl groups is 1. The van der Waals surface area contributed by atoms with Gasteiger partial charge in [0.2, 0.25) is 0 Å². The molecule has 2 aromatic carbocycles. The molecular weight excluding hydrogens is 460 g/mol. The summed E-state index contributed by atoms with van der Waals surface area (Å²) in [6.07, 6.45) is 4.50. The van der Waals surface area contributed by atoms with Crippen LogP contribution in [0.15, 0.2) is 42.5 Å². The normalized spacial score (nSPS) is 18.1. The Morgan fingerprint density at radius 1 is 0.973 bits per heavy atom. The van der Waals surface area contributed by atoms with E-state index in [1.165, 1.54) is 22.4 Å². The third kappa shape index (κ3) is 12.8. The van der Waals surface area contributed by atoms with E-state index in [1.807, 2.05) is 27.7 Å². The van der Waals surface area contributed by atoms with E-state index in [4.69, 9.17) is 20.3 Å². The van der Waals surface area contributed by atoms with Crippen LogP contribution in [-0.4, -0.2) is 38.1 Å². The summed E-state index contributed by atoms with van der Waals surface area (Å²) in [6, 6.07) is 15.1. The lowest BCUT2D eigenvalue weighted by Gasteiger charge is -2.36. The maximum absolute atomic E-state index is 7.00. The Labute approximate surface area is 228 Å². The fourth-order valence-electron chi connectivity index (χ4n) is 4.21. The molecular formula is C32H56N2O3. The van der Waals surface area contributed by atoms with Crippen molar-refractivity contribution in [2.45, 2.75) is 93.2 Å². The van der Waals surface area contributed by atoms with E-state index in [9.17, 15) is 0 Å². The summed E-state index contributed by atoms with van der Waals surface area (Å²) in [6.45, 7) is 19.5. The Balaban J connectivity index is 0.000000605. The lowest BCUT2D eigenvalue weighted by molar-refractivity contribution is 0.00729. The first kappa shape index (κ1) is 34.9. The second-order valence-corrected chi connectivity index (χ2v) is 9.31. The van der Waals surface area contributed by atoms with Crippen molar-refractivity contribution in [3.8, 4) is 5.75 Å². The minimum atomic E-state index is 0.112. The van der Waals surface area contributed by atoms with Gasteiger partial charge in [0.1, 0.15) is 11.9 Å². The third-order valence-corrected chi connectivity index (χ3v) is 6.20. The van der Waals surface area contributed by atoms with Crippen LogP contribution in [-0.2, 0) is 11.2 Å². The van der Waals surface area contributed by atoms with E-state index in [1.54, 1.807) is 0 Å². The molecule has 4 rings (SSSR count). The van der Waals surface area contributed by atoms with Gasteiger partial charge in [-0.15, -0.1) is 0 Å².